The third kappa shape index (κ3) is 4.09. The van der Waals surface area contributed by atoms with Crippen molar-refractivity contribution in [1.82, 2.24) is 5.32 Å². The van der Waals surface area contributed by atoms with Gasteiger partial charge in [0.05, 0.1) is 0 Å². The van der Waals surface area contributed by atoms with Crippen LogP contribution in [0.3, 0.4) is 0 Å². The molecule has 1 saturated heterocycles. The average molecular weight is 268 g/mol. The maximum absolute atomic E-state index is 11.2. The molecule has 1 aliphatic rings. The van der Waals surface area contributed by atoms with Crippen molar-refractivity contribution in [2.24, 2.45) is 0 Å². The van der Waals surface area contributed by atoms with Crippen molar-refractivity contribution < 1.29 is 4.21 Å². The topological polar surface area (TPSA) is 41.1 Å². The van der Waals surface area contributed by atoms with Crippen LogP contribution < -0.4 is 10.6 Å². The minimum Gasteiger partial charge on any atom is -0.360 e. The number of hydrogen-bond acceptors (Lipinski definition) is 2. The third-order valence-corrected chi connectivity index (χ3v) is 4.36. The minimum absolute atomic E-state index is 0.358. The number of para-hydroxylation sites is 1. The fourth-order valence-corrected chi connectivity index (χ4v) is 3.40. The molecule has 5 heteroatoms. The lowest BCUT2D eigenvalue weighted by atomic mass is 10.2. The van der Waals surface area contributed by atoms with Gasteiger partial charge in [-0.2, -0.15) is 0 Å². The van der Waals surface area contributed by atoms with Crippen molar-refractivity contribution >= 4 is 33.8 Å². The third-order valence-electron chi connectivity index (χ3n) is 2.75. The van der Waals surface area contributed by atoms with Gasteiger partial charge in [0.15, 0.2) is 5.11 Å². The lowest BCUT2D eigenvalue weighted by Gasteiger charge is -2.24. The van der Waals surface area contributed by atoms with E-state index in [1.54, 1.807) is 0 Å². The molecule has 1 aromatic rings. The van der Waals surface area contributed by atoms with Crippen molar-refractivity contribution in [3.05, 3.63) is 30.3 Å². The SMILES string of the molecule is O=S1CCC(NC(=S)Nc2ccccc2)CC1. The molecule has 0 aliphatic carbocycles. The van der Waals surface area contributed by atoms with Gasteiger partial charge in [-0.05, 0) is 37.2 Å². The molecular weight excluding hydrogens is 252 g/mol. The zero-order valence-corrected chi connectivity index (χ0v) is 11.2. The normalized spacial score (nSPS) is 24.0. The molecule has 17 heavy (non-hydrogen) atoms. The highest BCUT2D eigenvalue weighted by molar-refractivity contribution is 7.85. The first-order valence-corrected chi connectivity index (χ1v) is 7.61. The van der Waals surface area contributed by atoms with Crippen molar-refractivity contribution in [3.63, 3.8) is 0 Å². The maximum atomic E-state index is 11.2. The molecule has 0 unspecified atom stereocenters. The highest BCUT2D eigenvalue weighted by Crippen LogP contribution is 2.10. The van der Waals surface area contributed by atoms with E-state index < -0.39 is 10.8 Å². The second kappa shape index (κ2) is 6.12. The predicted molar refractivity (Wildman–Crippen MR) is 76.7 cm³/mol. The summed E-state index contributed by atoms with van der Waals surface area (Å²) in [4.78, 5) is 0. The Hall–Kier alpha value is -0.940. The fourth-order valence-electron chi connectivity index (χ4n) is 1.81. The first kappa shape index (κ1) is 12.5. The minimum atomic E-state index is -0.617. The van der Waals surface area contributed by atoms with Crippen LogP contribution in [0.15, 0.2) is 30.3 Å². The molecule has 0 bridgehead atoms. The van der Waals surface area contributed by atoms with Crippen LogP contribution in [0, 0.1) is 0 Å². The lowest BCUT2D eigenvalue weighted by Crippen LogP contribution is -2.41. The van der Waals surface area contributed by atoms with Crippen LogP contribution in [-0.2, 0) is 10.8 Å². The Morgan fingerprint density at radius 2 is 1.88 bits per heavy atom. The fraction of sp³-hybridized carbons (Fsp3) is 0.417. The Balaban J connectivity index is 1.80. The Bertz CT molecular complexity index is 398. The molecule has 0 aromatic heterocycles. The van der Waals surface area contributed by atoms with Gasteiger partial charge in [0.25, 0.3) is 0 Å². The first-order chi connectivity index (χ1) is 8.24. The Morgan fingerprint density at radius 1 is 1.24 bits per heavy atom. The summed E-state index contributed by atoms with van der Waals surface area (Å²) in [5.74, 6) is 1.57. The number of anilines is 1. The van der Waals surface area contributed by atoms with E-state index >= 15 is 0 Å². The number of rotatable bonds is 2. The quantitative estimate of drug-likeness (QED) is 0.804. The molecule has 1 aromatic carbocycles. The summed E-state index contributed by atoms with van der Waals surface area (Å²) in [5.41, 5.74) is 0.990. The predicted octanol–water partition coefficient (Wildman–Crippen LogP) is 1.88. The van der Waals surface area contributed by atoms with E-state index in [9.17, 15) is 4.21 Å². The van der Waals surface area contributed by atoms with E-state index in [-0.39, 0.29) is 0 Å². The van der Waals surface area contributed by atoms with Crippen LogP contribution in [0.1, 0.15) is 12.8 Å². The molecule has 3 nitrogen and oxygen atoms in total. The molecule has 2 rings (SSSR count). The van der Waals surface area contributed by atoms with Crippen LogP contribution in [0.2, 0.25) is 0 Å². The molecule has 0 atom stereocenters. The largest absolute Gasteiger partial charge is 0.360 e. The van der Waals surface area contributed by atoms with Gasteiger partial charge in [-0.3, -0.25) is 4.21 Å². The van der Waals surface area contributed by atoms with E-state index in [1.165, 1.54) is 0 Å². The number of hydrogen-bond donors (Lipinski definition) is 2. The molecule has 0 radical (unpaired) electrons. The summed E-state index contributed by atoms with van der Waals surface area (Å²) < 4.78 is 11.2. The smallest absolute Gasteiger partial charge is 0.170 e. The molecule has 1 aliphatic heterocycles. The maximum Gasteiger partial charge on any atom is 0.170 e. The summed E-state index contributed by atoms with van der Waals surface area (Å²) in [5, 5.41) is 7.07. The number of benzene rings is 1. The highest BCUT2D eigenvalue weighted by atomic mass is 32.2. The summed E-state index contributed by atoms with van der Waals surface area (Å²) in [6.45, 7) is 0. The number of thiocarbonyl (C=S) groups is 1. The van der Waals surface area contributed by atoms with Gasteiger partial charge < -0.3 is 10.6 Å². The van der Waals surface area contributed by atoms with Crippen LogP contribution >= 0.6 is 12.2 Å². The van der Waals surface area contributed by atoms with Gasteiger partial charge >= 0.3 is 0 Å². The summed E-state index contributed by atoms with van der Waals surface area (Å²) in [7, 11) is -0.617. The Kier molecular flexibility index (Phi) is 4.50. The van der Waals surface area contributed by atoms with Crippen molar-refractivity contribution in [2.45, 2.75) is 18.9 Å². The lowest BCUT2D eigenvalue weighted by molar-refractivity contribution is 0.554. The standard InChI is InChI=1S/C12H16N2OS2/c15-17-8-6-11(7-9-17)14-12(16)13-10-4-2-1-3-5-10/h1-5,11H,6-9H2,(H2,13,14,16). The highest BCUT2D eigenvalue weighted by Gasteiger charge is 2.18. The molecule has 92 valence electrons. The molecular formula is C12H16N2OS2. The van der Waals surface area contributed by atoms with E-state index in [0.29, 0.717) is 11.2 Å². The second-order valence-corrected chi connectivity index (χ2v) is 6.19. The zero-order valence-electron chi connectivity index (χ0n) is 9.52. The summed E-state index contributed by atoms with van der Waals surface area (Å²) in [6, 6.07) is 10.2. The van der Waals surface area contributed by atoms with Crippen molar-refractivity contribution in [1.29, 1.82) is 0 Å². The zero-order chi connectivity index (χ0) is 12.1. The van der Waals surface area contributed by atoms with E-state index in [2.05, 4.69) is 10.6 Å². The number of nitrogens with one attached hydrogen (secondary N) is 2. The van der Waals surface area contributed by atoms with Gasteiger partial charge in [0.2, 0.25) is 0 Å². The van der Waals surface area contributed by atoms with E-state index in [4.69, 9.17) is 12.2 Å². The van der Waals surface area contributed by atoms with Gasteiger partial charge in [0, 0.05) is 34.0 Å². The van der Waals surface area contributed by atoms with Crippen LogP contribution in [0.25, 0.3) is 0 Å². The van der Waals surface area contributed by atoms with Crippen molar-refractivity contribution in [3.8, 4) is 0 Å². The van der Waals surface area contributed by atoms with Crippen LogP contribution in [0.4, 0.5) is 5.69 Å². The summed E-state index contributed by atoms with van der Waals surface area (Å²) >= 11 is 5.25. The van der Waals surface area contributed by atoms with E-state index in [0.717, 1.165) is 30.0 Å². The Labute approximate surface area is 109 Å². The van der Waals surface area contributed by atoms with Gasteiger partial charge in [-0.25, -0.2) is 0 Å². The Morgan fingerprint density at radius 3 is 2.53 bits per heavy atom. The van der Waals surface area contributed by atoms with Gasteiger partial charge in [-0.15, -0.1) is 0 Å². The first-order valence-electron chi connectivity index (χ1n) is 5.71. The van der Waals surface area contributed by atoms with Gasteiger partial charge in [0.1, 0.15) is 0 Å². The molecule has 1 heterocycles. The average Bonchev–Trinajstić information content (AvgIpc) is 2.33. The van der Waals surface area contributed by atoms with Gasteiger partial charge in [-0.1, -0.05) is 18.2 Å². The molecule has 0 amide bonds. The van der Waals surface area contributed by atoms with E-state index in [1.807, 2.05) is 30.3 Å². The summed E-state index contributed by atoms with van der Waals surface area (Å²) in [6.07, 6.45) is 1.87. The van der Waals surface area contributed by atoms with Crippen LogP contribution in [0.5, 0.6) is 0 Å². The molecule has 0 spiro atoms. The second-order valence-electron chi connectivity index (χ2n) is 4.09. The monoisotopic (exact) mass is 268 g/mol. The molecule has 1 fully saturated rings. The van der Waals surface area contributed by atoms with Crippen LogP contribution in [-0.4, -0.2) is 26.9 Å². The molecule has 0 saturated carbocycles. The van der Waals surface area contributed by atoms with Crippen molar-refractivity contribution in [2.75, 3.05) is 16.8 Å². The molecule has 2 N–H and O–H groups in total.